The van der Waals surface area contributed by atoms with Crippen molar-refractivity contribution < 1.29 is 9.47 Å². The third kappa shape index (κ3) is 3.07. The van der Waals surface area contributed by atoms with Gasteiger partial charge >= 0.3 is 0 Å². The Labute approximate surface area is 131 Å². The quantitative estimate of drug-likeness (QED) is 0.836. The van der Waals surface area contributed by atoms with Crippen molar-refractivity contribution in [2.45, 2.75) is 31.7 Å². The maximum absolute atomic E-state index is 5.45. The Morgan fingerprint density at radius 3 is 2.67 bits per heavy atom. The molecule has 0 radical (unpaired) electrons. The van der Waals surface area contributed by atoms with Crippen LogP contribution in [0.5, 0.6) is 11.5 Å². The Morgan fingerprint density at radius 1 is 1.19 bits per heavy atom. The fraction of sp³-hybridized carbons (Fsp3) is 0.562. The lowest BCUT2D eigenvalue weighted by atomic mass is 9.96. The highest BCUT2D eigenvalue weighted by atomic mass is 32.1. The van der Waals surface area contributed by atoms with Gasteiger partial charge in [-0.05, 0) is 55.4 Å². The Bertz CT molecular complexity index is 535. The van der Waals surface area contributed by atoms with Crippen molar-refractivity contribution in [2.24, 2.45) is 11.8 Å². The molecule has 0 spiro atoms. The zero-order valence-corrected chi connectivity index (χ0v) is 13.3. The number of ether oxygens (including phenoxy) is 2. The normalized spacial score (nSPS) is 26.5. The van der Waals surface area contributed by atoms with Crippen LogP contribution in [0.25, 0.3) is 0 Å². The summed E-state index contributed by atoms with van der Waals surface area (Å²) in [6.07, 6.45) is 5.37. The lowest BCUT2D eigenvalue weighted by molar-refractivity contribution is 0.391. The van der Waals surface area contributed by atoms with Crippen molar-refractivity contribution in [3.63, 3.8) is 0 Å². The monoisotopic (exact) mass is 306 g/mol. The predicted octanol–water partition coefficient (Wildman–Crippen LogP) is 3.18. The third-order valence-electron chi connectivity index (χ3n) is 4.71. The molecule has 2 aliphatic rings. The van der Waals surface area contributed by atoms with Crippen molar-refractivity contribution in [1.29, 1.82) is 0 Å². The van der Waals surface area contributed by atoms with E-state index < -0.39 is 0 Å². The fourth-order valence-corrected chi connectivity index (χ4v) is 3.91. The lowest BCUT2D eigenvalue weighted by Gasteiger charge is -2.25. The zero-order valence-electron chi connectivity index (χ0n) is 12.5. The fourth-order valence-electron chi connectivity index (χ4n) is 3.65. The molecular formula is C16H22N2O2S. The summed E-state index contributed by atoms with van der Waals surface area (Å²) in [6.45, 7) is 0. The topological polar surface area (TPSA) is 42.5 Å². The second-order valence-electron chi connectivity index (χ2n) is 5.95. The number of benzene rings is 1. The number of anilines is 1. The highest BCUT2D eigenvalue weighted by molar-refractivity contribution is 7.80. The van der Waals surface area contributed by atoms with Crippen LogP contribution in [0.4, 0.5) is 5.69 Å². The maximum atomic E-state index is 5.45. The van der Waals surface area contributed by atoms with Crippen LogP contribution in [0.3, 0.4) is 0 Å². The molecule has 0 aromatic heterocycles. The Hall–Kier alpha value is -1.49. The molecule has 3 rings (SSSR count). The molecule has 2 aliphatic carbocycles. The molecule has 2 fully saturated rings. The highest BCUT2D eigenvalue weighted by Gasteiger charge is 2.39. The van der Waals surface area contributed by atoms with Crippen molar-refractivity contribution in [2.75, 3.05) is 19.5 Å². The number of nitrogens with one attached hydrogen (secondary N) is 2. The number of hydrogen-bond donors (Lipinski definition) is 2. The minimum absolute atomic E-state index is 0.535. The van der Waals surface area contributed by atoms with Gasteiger partial charge in [0.1, 0.15) is 11.5 Å². The van der Waals surface area contributed by atoms with Gasteiger partial charge in [0, 0.05) is 12.1 Å². The SMILES string of the molecule is COc1ccc(NC(=S)N[C@H]2C[C@@H]3CC[C@@H]2C3)c(OC)c1. The minimum Gasteiger partial charge on any atom is -0.497 e. The molecule has 3 atom stereocenters. The van der Waals surface area contributed by atoms with Crippen LogP contribution in [0, 0.1) is 11.8 Å². The van der Waals surface area contributed by atoms with Gasteiger partial charge < -0.3 is 20.1 Å². The summed E-state index contributed by atoms with van der Waals surface area (Å²) in [4.78, 5) is 0. The summed E-state index contributed by atoms with van der Waals surface area (Å²) >= 11 is 5.45. The molecule has 2 bridgehead atoms. The van der Waals surface area contributed by atoms with Gasteiger partial charge in [0.05, 0.1) is 19.9 Å². The molecule has 0 heterocycles. The number of thiocarbonyl (C=S) groups is 1. The van der Waals surface area contributed by atoms with Crippen LogP contribution in [0.15, 0.2) is 18.2 Å². The number of hydrogen-bond acceptors (Lipinski definition) is 3. The highest BCUT2D eigenvalue weighted by Crippen LogP contribution is 2.44. The van der Waals surface area contributed by atoms with E-state index in [9.17, 15) is 0 Å². The van der Waals surface area contributed by atoms with E-state index in [1.54, 1.807) is 14.2 Å². The molecule has 2 saturated carbocycles. The first-order valence-electron chi connectivity index (χ1n) is 7.49. The smallest absolute Gasteiger partial charge is 0.171 e. The van der Waals surface area contributed by atoms with Crippen LogP contribution in [0.2, 0.25) is 0 Å². The minimum atomic E-state index is 0.535. The van der Waals surface area contributed by atoms with E-state index in [4.69, 9.17) is 21.7 Å². The van der Waals surface area contributed by atoms with Gasteiger partial charge in [-0.3, -0.25) is 0 Å². The molecular weight excluding hydrogens is 284 g/mol. The first-order valence-corrected chi connectivity index (χ1v) is 7.90. The van der Waals surface area contributed by atoms with Gasteiger partial charge in [0.25, 0.3) is 0 Å². The molecule has 1 aromatic carbocycles. The molecule has 0 saturated heterocycles. The summed E-state index contributed by atoms with van der Waals surface area (Å²) in [5.74, 6) is 3.20. The summed E-state index contributed by atoms with van der Waals surface area (Å²) in [7, 11) is 3.29. The van der Waals surface area contributed by atoms with E-state index in [0.717, 1.165) is 29.0 Å². The Kier molecular flexibility index (Phi) is 4.19. The number of fused-ring (bicyclic) bond motifs is 2. The summed E-state index contributed by atoms with van der Waals surface area (Å²) in [5.41, 5.74) is 0.860. The molecule has 0 unspecified atom stereocenters. The molecule has 5 heteroatoms. The van der Waals surface area contributed by atoms with Crippen LogP contribution >= 0.6 is 12.2 Å². The Morgan fingerprint density at radius 2 is 2.05 bits per heavy atom. The molecule has 2 N–H and O–H groups in total. The standard InChI is InChI=1S/C16H22N2O2S/c1-19-12-5-6-13(15(9-12)20-2)17-16(21)18-14-8-10-3-4-11(14)7-10/h5-6,9-11,14H,3-4,7-8H2,1-2H3,(H2,17,18,21)/t10-,11-,14+/m1/s1. The van der Waals surface area contributed by atoms with Crippen molar-refractivity contribution >= 4 is 23.0 Å². The molecule has 0 aliphatic heterocycles. The van der Waals surface area contributed by atoms with E-state index in [2.05, 4.69) is 10.6 Å². The average molecular weight is 306 g/mol. The van der Waals surface area contributed by atoms with Crippen molar-refractivity contribution in [3.05, 3.63) is 18.2 Å². The predicted molar refractivity (Wildman–Crippen MR) is 88.1 cm³/mol. The third-order valence-corrected chi connectivity index (χ3v) is 4.93. The van der Waals surface area contributed by atoms with E-state index in [0.29, 0.717) is 11.2 Å². The van der Waals surface area contributed by atoms with Crippen LogP contribution in [-0.4, -0.2) is 25.4 Å². The van der Waals surface area contributed by atoms with Gasteiger partial charge in [-0.15, -0.1) is 0 Å². The van der Waals surface area contributed by atoms with Crippen LogP contribution in [-0.2, 0) is 0 Å². The number of rotatable bonds is 4. The van der Waals surface area contributed by atoms with Gasteiger partial charge in [0.2, 0.25) is 0 Å². The maximum Gasteiger partial charge on any atom is 0.171 e. The van der Waals surface area contributed by atoms with Crippen molar-refractivity contribution in [1.82, 2.24) is 5.32 Å². The van der Waals surface area contributed by atoms with E-state index in [-0.39, 0.29) is 0 Å². The first kappa shape index (κ1) is 14.4. The number of methoxy groups -OCH3 is 2. The molecule has 4 nitrogen and oxygen atoms in total. The van der Waals surface area contributed by atoms with Crippen LogP contribution in [0.1, 0.15) is 25.7 Å². The molecule has 0 amide bonds. The van der Waals surface area contributed by atoms with Gasteiger partial charge in [-0.1, -0.05) is 6.42 Å². The van der Waals surface area contributed by atoms with Crippen LogP contribution < -0.4 is 20.1 Å². The molecule has 1 aromatic rings. The van der Waals surface area contributed by atoms with Gasteiger partial charge in [-0.25, -0.2) is 0 Å². The first-order chi connectivity index (χ1) is 10.2. The zero-order chi connectivity index (χ0) is 14.8. The molecule has 21 heavy (non-hydrogen) atoms. The van der Waals surface area contributed by atoms with E-state index in [1.807, 2.05) is 18.2 Å². The second kappa shape index (κ2) is 6.10. The Balaban J connectivity index is 1.62. The largest absolute Gasteiger partial charge is 0.497 e. The summed E-state index contributed by atoms with van der Waals surface area (Å²) in [5, 5.41) is 7.39. The average Bonchev–Trinajstić information content (AvgIpc) is 3.10. The summed E-state index contributed by atoms with van der Waals surface area (Å²) < 4.78 is 10.6. The van der Waals surface area contributed by atoms with Crippen molar-refractivity contribution in [3.8, 4) is 11.5 Å². The van der Waals surface area contributed by atoms with E-state index in [1.165, 1.54) is 25.7 Å². The molecule has 114 valence electrons. The lowest BCUT2D eigenvalue weighted by Crippen LogP contribution is -2.40. The van der Waals surface area contributed by atoms with Gasteiger partial charge in [0.15, 0.2) is 5.11 Å². The summed E-state index contributed by atoms with van der Waals surface area (Å²) in [6, 6.07) is 6.20. The van der Waals surface area contributed by atoms with Gasteiger partial charge in [-0.2, -0.15) is 0 Å². The second-order valence-corrected chi connectivity index (χ2v) is 6.35. The van der Waals surface area contributed by atoms with E-state index >= 15 is 0 Å².